The maximum Gasteiger partial charge on any atom is 0.0143 e. The van der Waals surface area contributed by atoms with Crippen LogP contribution in [0.2, 0.25) is 0 Å². The molecule has 0 heterocycles. The second-order valence-electron chi connectivity index (χ2n) is 6.99. The Balaban J connectivity index is 3.47. The molecule has 0 spiro atoms. The van der Waals surface area contributed by atoms with Gasteiger partial charge in [-0.25, -0.2) is 0 Å². The summed E-state index contributed by atoms with van der Waals surface area (Å²) in [4.78, 5) is 2.49. The molecule has 0 aliphatic heterocycles. The Labute approximate surface area is 128 Å². The van der Waals surface area contributed by atoms with Crippen molar-refractivity contribution in [1.82, 2.24) is 10.2 Å². The van der Waals surface area contributed by atoms with Gasteiger partial charge in [0.15, 0.2) is 0 Å². The summed E-state index contributed by atoms with van der Waals surface area (Å²) in [6.45, 7) is 17.9. The second kappa shape index (κ2) is 11.2. The summed E-state index contributed by atoms with van der Waals surface area (Å²) in [6.07, 6.45) is 6.22. The Morgan fingerprint density at radius 2 is 1.70 bits per heavy atom. The van der Waals surface area contributed by atoms with Gasteiger partial charge >= 0.3 is 0 Å². The highest BCUT2D eigenvalue weighted by molar-refractivity contribution is 4.90. The zero-order valence-corrected chi connectivity index (χ0v) is 14.8. The van der Waals surface area contributed by atoms with E-state index in [0.29, 0.717) is 6.04 Å². The molecule has 0 bridgehead atoms. The molecule has 120 valence electrons. The number of hydrogen-bond acceptors (Lipinski definition) is 2. The topological polar surface area (TPSA) is 15.3 Å². The van der Waals surface area contributed by atoms with Gasteiger partial charge in [-0.15, -0.1) is 0 Å². The van der Waals surface area contributed by atoms with E-state index >= 15 is 0 Å². The lowest BCUT2D eigenvalue weighted by Gasteiger charge is -2.27. The van der Waals surface area contributed by atoms with Crippen LogP contribution in [0.3, 0.4) is 0 Å². The second-order valence-corrected chi connectivity index (χ2v) is 6.99. The van der Waals surface area contributed by atoms with Crippen molar-refractivity contribution < 1.29 is 0 Å². The van der Waals surface area contributed by atoms with Crippen LogP contribution < -0.4 is 5.32 Å². The molecule has 20 heavy (non-hydrogen) atoms. The van der Waals surface area contributed by atoms with Crippen LogP contribution in [0.4, 0.5) is 0 Å². The van der Waals surface area contributed by atoms with Crippen molar-refractivity contribution in [3.63, 3.8) is 0 Å². The number of nitrogens with zero attached hydrogens (tertiary/aromatic N) is 1. The lowest BCUT2D eigenvalue weighted by molar-refractivity contribution is 0.204. The molecule has 0 aliphatic rings. The predicted molar refractivity (Wildman–Crippen MR) is 92.0 cm³/mol. The molecule has 0 saturated heterocycles. The summed E-state index contributed by atoms with van der Waals surface area (Å²) in [6, 6.07) is 0.684. The van der Waals surface area contributed by atoms with E-state index in [1.54, 1.807) is 0 Å². The first-order valence-electron chi connectivity index (χ1n) is 8.46. The molecule has 2 heteroatoms. The zero-order valence-electron chi connectivity index (χ0n) is 14.8. The molecule has 0 amide bonds. The van der Waals surface area contributed by atoms with E-state index in [9.17, 15) is 0 Å². The summed E-state index contributed by atoms with van der Waals surface area (Å²) in [7, 11) is 2.25. The molecule has 0 saturated carbocycles. The predicted octanol–water partition coefficient (Wildman–Crippen LogP) is 4.67. The van der Waals surface area contributed by atoms with Crippen molar-refractivity contribution in [3.05, 3.63) is 12.3 Å². The smallest absolute Gasteiger partial charge is 0.0143 e. The van der Waals surface area contributed by atoms with E-state index in [1.807, 2.05) is 0 Å². The molecule has 0 aromatic carbocycles. The number of unbranched alkanes of at least 4 members (excludes halogenated alkanes) is 2. The minimum Gasteiger partial charge on any atom is -0.389 e. The average molecular weight is 283 g/mol. The van der Waals surface area contributed by atoms with Crippen LogP contribution in [0.15, 0.2) is 12.3 Å². The van der Waals surface area contributed by atoms with E-state index < -0.39 is 0 Å². The first kappa shape index (κ1) is 19.5. The highest BCUT2D eigenvalue weighted by Gasteiger charge is 2.11. The number of hydrogen-bond donors (Lipinski definition) is 1. The highest BCUT2D eigenvalue weighted by atomic mass is 15.1. The molecule has 2 nitrogen and oxygen atoms in total. The third-order valence-corrected chi connectivity index (χ3v) is 4.25. The first-order valence-corrected chi connectivity index (χ1v) is 8.46. The van der Waals surface area contributed by atoms with Gasteiger partial charge in [0.2, 0.25) is 0 Å². The SMILES string of the molecule is C=C(CCC(C)C)NCCCCCN(C)C(C)C(C)C. The summed E-state index contributed by atoms with van der Waals surface area (Å²) in [5, 5.41) is 3.46. The maximum absolute atomic E-state index is 4.10. The van der Waals surface area contributed by atoms with Gasteiger partial charge in [-0.1, -0.05) is 40.7 Å². The summed E-state index contributed by atoms with van der Waals surface area (Å²) in [5.74, 6) is 1.51. The Morgan fingerprint density at radius 1 is 1.05 bits per heavy atom. The maximum atomic E-state index is 4.10. The van der Waals surface area contributed by atoms with Crippen molar-refractivity contribution in [2.24, 2.45) is 11.8 Å². The first-order chi connectivity index (χ1) is 9.34. The van der Waals surface area contributed by atoms with Gasteiger partial charge in [0.25, 0.3) is 0 Å². The molecule has 1 atom stereocenters. The third-order valence-electron chi connectivity index (χ3n) is 4.25. The standard InChI is InChI=1S/C18H38N2/c1-15(2)11-12-17(5)19-13-9-8-10-14-20(7)18(6)16(3)4/h15-16,18-19H,5,8-14H2,1-4,6-7H3. The lowest BCUT2D eigenvalue weighted by Crippen LogP contribution is -2.34. The van der Waals surface area contributed by atoms with Crippen LogP contribution in [0.25, 0.3) is 0 Å². The number of nitrogens with one attached hydrogen (secondary N) is 1. The van der Waals surface area contributed by atoms with Crippen molar-refractivity contribution in [3.8, 4) is 0 Å². The van der Waals surface area contributed by atoms with Gasteiger partial charge in [-0.05, 0) is 58.0 Å². The quantitative estimate of drug-likeness (QED) is 0.523. The number of allylic oxidation sites excluding steroid dienone is 1. The largest absolute Gasteiger partial charge is 0.389 e. The van der Waals surface area contributed by atoms with Crippen LogP contribution in [0.1, 0.15) is 66.7 Å². The van der Waals surface area contributed by atoms with E-state index in [2.05, 4.69) is 58.5 Å². The molecule has 0 aliphatic carbocycles. The normalized spacial score (nSPS) is 13.2. The Kier molecular flexibility index (Phi) is 10.9. The minimum absolute atomic E-state index is 0.684. The monoisotopic (exact) mass is 282 g/mol. The Bertz CT molecular complexity index is 246. The average Bonchev–Trinajstić information content (AvgIpc) is 2.38. The van der Waals surface area contributed by atoms with Gasteiger partial charge < -0.3 is 10.2 Å². The van der Waals surface area contributed by atoms with E-state index in [4.69, 9.17) is 0 Å². The summed E-state index contributed by atoms with van der Waals surface area (Å²) in [5.41, 5.74) is 1.21. The van der Waals surface area contributed by atoms with Crippen molar-refractivity contribution in [1.29, 1.82) is 0 Å². The fraction of sp³-hybridized carbons (Fsp3) is 0.889. The molecule has 1 unspecified atom stereocenters. The van der Waals surface area contributed by atoms with Gasteiger partial charge in [-0.3, -0.25) is 0 Å². The van der Waals surface area contributed by atoms with Crippen LogP contribution >= 0.6 is 0 Å². The van der Waals surface area contributed by atoms with E-state index in [1.165, 1.54) is 37.9 Å². The van der Waals surface area contributed by atoms with Crippen LogP contribution in [-0.4, -0.2) is 31.1 Å². The Hall–Kier alpha value is -0.500. The lowest BCUT2D eigenvalue weighted by atomic mass is 10.0. The van der Waals surface area contributed by atoms with E-state index in [-0.39, 0.29) is 0 Å². The van der Waals surface area contributed by atoms with Gasteiger partial charge in [0.1, 0.15) is 0 Å². The number of rotatable bonds is 12. The fourth-order valence-electron chi connectivity index (χ4n) is 2.19. The van der Waals surface area contributed by atoms with Gasteiger partial charge in [0.05, 0.1) is 0 Å². The van der Waals surface area contributed by atoms with Crippen molar-refractivity contribution in [2.45, 2.75) is 72.8 Å². The Morgan fingerprint density at radius 3 is 2.25 bits per heavy atom. The van der Waals surface area contributed by atoms with Crippen LogP contribution in [-0.2, 0) is 0 Å². The summed E-state index contributed by atoms with van der Waals surface area (Å²) < 4.78 is 0. The fourth-order valence-corrected chi connectivity index (χ4v) is 2.19. The van der Waals surface area contributed by atoms with Crippen molar-refractivity contribution >= 4 is 0 Å². The van der Waals surface area contributed by atoms with Crippen molar-refractivity contribution in [2.75, 3.05) is 20.1 Å². The molecular weight excluding hydrogens is 244 g/mol. The zero-order chi connectivity index (χ0) is 15.5. The third kappa shape index (κ3) is 10.3. The molecule has 0 aromatic rings. The van der Waals surface area contributed by atoms with Crippen LogP contribution in [0, 0.1) is 11.8 Å². The van der Waals surface area contributed by atoms with E-state index in [0.717, 1.165) is 24.8 Å². The van der Waals surface area contributed by atoms with Gasteiger partial charge in [-0.2, -0.15) is 0 Å². The molecule has 1 N–H and O–H groups in total. The van der Waals surface area contributed by atoms with Gasteiger partial charge in [0, 0.05) is 18.3 Å². The molecule has 0 fully saturated rings. The molecular formula is C18H38N2. The molecule has 0 rings (SSSR count). The minimum atomic E-state index is 0.684. The van der Waals surface area contributed by atoms with Crippen LogP contribution in [0.5, 0.6) is 0 Å². The highest BCUT2D eigenvalue weighted by Crippen LogP contribution is 2.10. The molecule has 0 radical (unpaired) electrons. The summed E-state index contributed by atoms with van der Waals surface area (Å²) >= 11 is 0. The molecule has 0 aromatic heterocycles.